The SMILES string of the molecule is CCOC1CC(n2c(C(C)Cl)nc3cnccc32)C1(C)C. The highest BCUT2D eigenvalue weighted by atomic mass is 35.5. The molecule has 2 aromatic heterocycles. The van der Waals surface area contributed by atoms with E-state index in [4.69, 9.17) is 16.3 Å². The van der Waals surface area contributed by atoms with Crippen LogP contribution >= 0.6 is 11.6 Å². The summed E-state index contributed by atoms with van der Waals surface area (Å²) in [6, 6.07) is 2.38. The van der Waals surface area contributed by atoms with E-state index in [9.17, 15) is 0 Å². The Bertz CT molecular complexity index is 650. The predicted molar refractivity (Wildman–Crippen MR) is 84.6 cm³/mol. The van der Waals surface area contributed by atoms with E-state index in [0.29, 0.717) is 12.1 Å². The first-order valence-electron chi connectivity index (χ1n) is 7.54. The molecule has 2 aromatic rings. The molecule has 0 N–H and O–H groups in total. The second-order valence-electron chi connectivity index (χ2n) is 6.34. The summed E-state index contributed by atoms with van der Waals surface area (Å²) in [5.74, 6) is 0.924. The van der Waals surface area contributed by atoms with Crippen molar-refractivity contribution in [3.05, 3.63) is 24.3 Å². The van der Waals surface area contributed by atoms with E-state index in [-0.39, 0.29) is 10.8 Å². The summed E-state index contributed by atoms with van der Waals surface area (Å²) in [6.45, 7) is 9.30. The Kier molecular flexibility index (Phi) is 3.70. The van der Waals surface area contributed by atoms with Crippen LogP contribution in [0.1, 0.15) is 51.4 Å². The standard InChI is InChI=1S/C16H22ClN3O/c1-5-21-14-8-13(16(14,3)4)20-12-6-7-18-9-11(12)19-15(20)10(2)17/h6-7,9-10,13-14H,5,8H2,1-4H3. The molecule has 3 unspecified atom stereocenters. The number of halogens is 1. The van der Waals surface area contributed by atoms with Gasteiger partial charge in [-0.3, -0.25) is 4.98 Å². The van der Waals surface area contributed by atoms with Gasteiger partial charge in [0.2, 0.25) is 0 Å². The van der Waals surface area contributed by atoms with Gasteiger partial charge >= 0.3 is 0 Å². The molecule has 1 aliphatic carbocycles. The van der Waals surface area contributed by atoms with Crippen molar-refractivity contribution in [3.8, 4) is 0 Å². The van der Waals surface area contributed by atoms with Crippen LogP contribution in [0.2, 0.25) is 0 Å². The van der Waals surface area contributed by atoms with Gasteiger partial charge in [0.25, 0.3) is 0 Å². The lowest BCUT2D eigenvalue weighted by atomic mass is 9.64. The van der Waals surface area contributed by atoms with E-state index in [0.717, 1.165) is 29.9 Å². The van der Waals surface area contributed by atoms with E-state index in [1.807, 2.05) is 26.1 Å². The predicted octanol–water partition coefficient (Wildman–Crippen LogP) is 4.11. The highest BCUT2D eigenvalue weighted by Gasteiger charge is 2.51. The average Bonchev–Trinajstić information content (AvgIpc) is 2.82. The molecule has 0 radical (unpaired) electrons. The molecule has 0 spiro atoms. The monoisotopic (exact) mass is 307 g/mol. The van der Waals surface area contributed by atoms with Crippen molar-refractivity contribution in [1.82, 2.24) is 14.5 Å². The zero-order chi connectivity index (χ0) is 15.2. The first-order valence-corrected chi connectivity index (χ1v) is 7.98. The van der Waals surface area contributed by atoms with Crippen LogP contribution in [-0.2, 0) is 4.74 Å². The summed E-state index contributed by atoms with van der Waals surface area (Å²) in [6.07, 6.45) is 4.92. The number of nitrogens with zero attached hydrogens (tertiary/aromatic N) is 3. The Labute approximate surface area is 130 Å². The van der Waals surface area contributed by atoms with Crippen LogP contribution in [0.5, 0.6) is 0 Å². The lowest BCUT2D eigenvalue weighted by molar-refractivity contribution is -0.127. The molecule has 5 heteroatoms. The molecule has 0 aromatic carbocycles. The zero-order valence-electron chi connectivity index (χ0n) is 13.0. The highest BCUT2D eigenvalue weighted by Crippen LogP contribution is 2.53. The van der Waals surface area contributed by atoms with Gasteiger partial charge in [-0.25, -0.2) is 4.98 Å². The number of aromatic nitrogens is 3. The fourth-order valence-corrected chi connectivity index (χ4v) is 3.52. The van der Waals surface area contributed by atoms with Crippen LogP contribution in [0.25, 0.3) is 11.0 Å². The molecule has 4 nitrogen and oxygen atoms in total. The molecule has 3 rings (SSSR count). The molecule has 0 bridgehead atoms. The largest absolute Gasteiger partial charge is 0.378 e. The molecule has 1 aliphatic rings. The lowest BCUT2D eigenvalue weighted by Gasteiger charge is -2.52. The van der Waals surface area contributed by atoms with E-state index < -0.39 is 0 Å². The van der Waals surface area contributed by atoms with Gasteiger partial charge < -0.3 is 9.30 Å². The van der Waals surface area contributed by atoms with Gasteiger partial charge in [-0.05, 0) is 26.3 Å². The van der Waals surface area contributed by atoms with Gasteiger partial charge in [0.1, 0.15) is 11.3 Å². The van der Waals surface area contributed by atoms with Crippen LogP contribution in [0.15, 0.2) is 18.5 Å². The quantitative estimate of drug-likeness (QED) is 0.798. The molecule has 0 saturated heterocycles. The number of rotatable bonds is 4. The van der Waals surface area contributed by atoms with E-state index in [1.165, 1.54) is 0 Å². The van der Waals surface area contributed by atoms with E-state index >= 15 is 0 Å². The maximum Gasteiger partial charge on any atom is 0.128 e. The number of fused-ring (bicyclic) bond motifs is 1. The van der Waals surface area contributed by atoms with Gasteiger partial charge in [0.15, 0.2) is 0 Å². The number of ether oxygens (including phenoxy) is 1. The van der Waals surface area contributed by atoms with Gasteiger partial charge in [-0.2, -0.15) is 0 Å². The van der Waals surface area contributed by atoms with Crippen molar-refractivity contribution in [1.29, 1.82) is 0 Å². The van der Waals surface area contributed by atoms with Crippen molar-refractivity contribution in [2.24, 2.45) is 5.41 Å². The summed E-state index contributed by atoms with van der Waals surface area (Å²) in [4.78, 5) is 8.85. The Morgan fingerprint density at radius 3 is 2.90 bits per heavy atom. The molecular formula is C16H22ClN3O. The van der Waals surface area contributed by atoms with Gasteiger partial charge in [0, 0.05) is 24.3 Å². The third-order valence-electron chi connectivity index (χ3n) is 4.68. The van der Waals surface area contributed by atoms with Crippen molar-refractivity contribution in [2.45, 2.75) is 51.6 Å². The summed E-state index contributed by atoms with van der Waals surface area (Å²) in [7, 11) is 0. The summed E-state index contributed by atoms with van der Waals surface area (Å²) >= 11 is 6.36. The number of hydrogen-bond acceptors (Lipinski definition) is 3. The molecule has 2 heterocycles. The zero-order valence-corrected chi connectivity index (χ0v) is 13.8. The molecule has 1 saturated carbocycles. The molecule has 114 valence electrons. The molecule has 3 atom stereocenters. The number of pyridine rings is 1. The number of alkyl halides is 1. The Morgan fingerprint density at radius 1 is 1.52 bits per heavy atom. The van der Waals surface area contributed by atoms with E-state index in [1.54, 1.807) is 6.20 Å². The third kappa shape index (κ3) is 2.25. The van der Waals surface area contributed by atoms with Crippen molar-refractivity contribution in [2.75, 3.05) is 6.61 Å². The lowest BCUT2D eigenvalue weighted by Crippen LogP contribution is -2.51. The maximum absolute atomic E-state index is 6.36. The fourth-order valence-electron chi connectivity index (χ4n) is 3.36. The van der Waals surface area contributed by atoms with Crippen LogP contribution in [-0.4, -0.2) is 27.2 Å². The second kappa shape index (κ2) is 5.25. The minimum absolute atomic E-state index is 0.0768. The normalized spacial score (nSPS) is 25.8. The molecule has 1 fully saturated rings. The summed E-state index contributed by atoms with van der Waals surface area (Å²) in [5, 5.41) is -0.126. The van der Waals surface area contributed by atoms with Crippen molar-refractivity contribution >= 4 is 22.6 Å². The van der Waals surface area contributed by atoms with Gasteiger partial charge in [-0.15, -0.1) is 11.6 Å². The number of hydrogen-bond donors (Lipinski definition) is 0. The van der Waals surface area contributed by atoms with Gasteiger partial charge in [0.05, 0.1) is 23.2 Å². The smallest absolute Gasteiger partial charge is 0.128 e. The first-order chi connectivity index (χ1) is 9.96. The third-order valence-corrected chi connectivity index (χ3v) is 4.88. The highest BCUT2D eigenvalue weighted by molar-refractivity contribution is 6.20. The summed E-state index contributed by atoms with van der Waals surface area (Å²) in [5.41, 5.74) is 2.10. The Hall–Kier alpha value is -1.13. The van der Waals surface area contributed by atoms with Crippen LogP contribution in [0, 0.1) is 5.41 Å². The van der Waals surface area contributed by atoms with E-state index in [2.05, 4.69) is 28.4 Å². The average molecular weight is 308 g/mol. The van der Waals surface area contributed by atoms with Crippen LogP contribution in [0.4, 0.5) is 0 Å². The Balaban J connectivity index is 2.06. The first kappa shape index (κ1) is 14.8. The fraction of sp³-hybridized carbons (Fsp3) is 0.625. The Morgan fingerprint density at radius 2 is 2.29 bits per heavy atom. The second-order valence-corrected chi connectivity index (χ2v) is 6.99. The minimum atomic E-state index is -0.126. The van der Waals surface area contributed by atoms with Crippen molar-refractivity contribution < 1.29 is 4.74 Å². The molecule has 0 amide bonds. The topological polar surface area (TPSA) is 39.9 Å². The van der Waals surface area contributed by atoms with Crippen LogP contribution in [0.3, 0.4) is 0 Å². The molecule has 0 aliphatic heterocycles. The van der Waals surface area contributed by atoms with Crippen LogP contribution < -0.4 is 0 Å². The van der Waals surface area contributed by atoms with Gasteiger partial charge in [-0.1, -0.05) is 13.8 Å². The minimum Gasteiger partial charge on any atom is -0.378 e. The summed E-state index contributed by atoms with van der Waals surface area (Å²) < 4.78 is 8.15. The van der Waals surface area contributed by atoms with Crippen molar-refractivity contribution in [3.63, 3.8) is 0 Å². The molecule has 21 heavy (non-hydrogen) atoms. The molecular weight excluding hydrogens is 286 g/mol. The number of imidazole rings is 1. The maximum atomic E-state index is 6.36.